The summed E-state index contributed by atoms with van der Waals surface area (Å²) >= 11 is 0. The zero-order valence-electron chi connectivity index (χ0n) is 7.83. The first-order valence-electron chi connectivity index (χ1n) is 4.22. The van der Waals surface area contributed by atoms with Gasteiger partial charge >= 0.3 is 0 Å². The summed E-state index contributed by atoms with van der Waals surface area (Å²) in [5.41, 5.74) is 1.65. The van der Waals surface area contributed by atoms with E-state index >= 15 is 0 Å². The maximum Gasteiger partial charge on any atom is 0.140 e. The van der Waals surface area contributed by atoms with E-state index in [1.165, 1.54) is 5.56 Å². The molecule has 12 heavy (non-hydrogen) atoms. The molecule has 2 nitrogen and oxygen atoms in total. The molecule has 1 rings (SSSR count). The third-order valence-electron chi connectivity index (χ3n) is 1.35. The second-order valence-corrected chi connectivity index (χ2v) is 2.02. The van der Waals surface area contributed by atoms with Crippen LogP contribution in [0.5, 0.6) is 0 Å². The molecule has 0 saturated heterocycles. The fourth-order valence-corrected chi connectivity index (χ4v) is 0.700. The highest BCUT2D eigenvalue weighted by atomic mass is 14.7. The third-order valence-corrected chi connectivity index (χ3v) is 1.35. The summed E-state index contributed by atoms with van der Waals surface area (Å²) < 4.78 is 0. The van der Waals surface area contributed by atoms with E-state index in [1.54, 1.807) is 12.3 Å². The lowest BCUT2D eigenvalue weighted by atomic mass is 10.2. The van der Waals surface area contributed by atoms with Crippen molar-refractivity contribution in [3.8, 4) is 6.07 Å². The summed E-state index contributed by atoms with van der Waals surface area (Å²) in [6, 6.07) is 5.62. The van der Waals surface area contributed by atoms with Crippen LogP contribution in [0.25, 0.3) is 0 Å². The summed E-state index contributed by atoms with van der Waals surface area (Å²) in [6.45, 7) is 6.06. The van der Waals surface area contributed by atoms with Crippen molar-refractivity contribution < 1.29 is 0 Å². The number of nitriles is 1. The van der Waals surface area contributed by atoms with Crippen LogP contribution in [-0.2, 0) is 6.42 Å². The summed E-state index contributed by atoms with van der Waals surface area (Å²) in [6.07, 6.45) is 2.71. The molecule has 0 radical (unpaired) electrons. The predicted octanol–water partition coefficient (Wildman–Crippen LogP) is 2.54. The molecule has 0 aliphatic carbocycles. The van der Waals surface area contributed by atoms with E-state index < -0.39 is 0 Å². The fraction of sp³-hybridized carbons (Fsp3) is 0.400. The Labute approximate surface area is 73.9 Å². The van der Waals surface area contributed by atoms with Crippen molar-refractivity contribution in [1.29, 1.82) is 5.26 Å². The Balaban J connectivity index is 0.000000561. The van der Waals surface area contributed by atoms with Crippen LogP contribution in [0.3, 0.4) is 0 Å². The normalized spacial score (nSPS) is 7.83. The highest BCUT2D eigenvalue weighted by Gasteiger charge is 1.89. The van der Waals surface area contributed by atoms with Gasteiger partial charge in [0.1, 0.15) is 11.8 Å². The van der Waals surface area contributed by atoms with Crippen molar-refractivity contribution in [2.45, 2.75) is 27.2 Å². The number of hydrogen-bond acceptors (Lipinski definition) is 2. The lowest BCUT2D eigenvalue weighted by Gasteiger charge is -1.92. The standard InChI is InChI=1S/C8H8N2.C2H6/c1-2-7-3-4-8(5-9)10-6-7;1-2/h3-4,6H,2H2,1H3;1-2H3. The van der Waals surface area contributed by atoms with E-state index in [4.69, 9.17) is 5.26 Å². The molecule has 0 N–H and O–H groups in total. The molecule has 64 valence electrons. The van der Waals surface area contributed by atoms with Gasteiger partial charge in [0, 0.05) is 6.20 Å². The first kappa shape index (κ1) is 10.6. The van der Waals surface area contributed by atoms with Gasteiger partial charge in [0.25, 0.3) is 0 Å². The van der Waals surface area contributed by atoms with E-state index in [2.05, 4.69) is 11.9 Å². The van der Waals surface area contributed by atoms with E-state index in [1.807, 2.05) is 26.0 Å². The van der Waals surface area contributed by atoms with E-state index in [-0.39, 0.29) is 0 Å². The van der Waals surface area contributed by atoms with Gasteiger partial charge in [0.2, 0.25) is 0 Å². The topological polar surface area (TPSA) is 36.7 Å². The molecule has 0 bridgehead atoms. The quantitative estimate of drug-likeness (QED) is 0.636. The van der Waals surface area contributed by atoms with Gasteiger partial charge in [-0.25, -0.2) is 4.98 Å². The third kappa shape index (κ3) is 3.16. The molecule has 1 aromatic rings. The Kier molecular flexibility index (Phi) is 5.64. The first-order chi connectivity index (χ1) is 5.86. The van der Waals surface area contributed by atoms with Gasteiger partial charge in [-0.3, -0.25) is 0 Å². The number of aryl methyl sites for hydroxylation is 1. The van der Waals surface area contributed by atoms with Crippen LogP contribution in [0.1, 0.15) is 32.0 Å². The van der Waals surface area contributed by atoms with E-state index in [0.717, 1.165) is 6.42 Å². The van der Waals surface area contributed by atoms with Crippen molar-refractivity contribution >= 4 is 0 Å². The summed E-state index contributed by atoms with van der Waals surface area (Å²) in [4.78, 5) is 3.91. The zero-order chi connectivity index (χ0) is 9.40. The Morgan fingerprint density at radius 1 is 1.42 bits per heavy atom. The number of rotatable bonds is 1. The van der Waals surface area contributed by atoms with Crippen molar-refractivity contribution in [1.82, 2.24) is 4.98 Å². The molecule has 0 saturated carbocycles. The van der Waals surface area contributed by atoms with Crippen LogP contribution in [0.15, 0.2) is 18.3 Å². The Bertz CT molecular complexity index is 244. The summed E-state index contributed by atoms with van der Waals surface area (Å²) in [7, 11) is 0. The summed E-state index contributed by atoms with van der Waals surface area (Å²) in [5.74, 6) is 0. The highest BCUT2D eigenvalue weighted by molar-refractivity contribution is 5.22. The van der Waals surface area contributed by atoms with Gasteiger partial charge in [-0.1, -0.05) is 26.8 Å². The van der Waals surface area contributed by atoms with Gasteiger partial charge in [-0.05, 0) is 18.1 Å². The van der Waals surface area contributed by atoms with Crippen molar-refractivity contribution in [2.24, 2.45) is 0 Å². The minimum Gasteiger partial charge on any atom is -0.245 e. The van der Waals surface area contributed by atoms with Gasteiger partial charge in [0.15, 0.2) is 0 Å². The fourth-order valence-electron chi connectivity index (χ4n) is 0.700. The van der Waals surface area contributed by atoms with Crippen LogP contribution >= 0.6 is 0 Å². The molecule has 0 unspecified atom stereocenters. The van der Waals surface area contributed by atoms with Crippen molar-refractivity contribution in [3.63, 3.8) is 0 Å². The molecule has 1 aromatic heterocycles. The molecule has 0 spiro atoms. The number of pyridine rings is 1. The molecule has 2 heteroatoms. The predicted molar refractivity (Wildman–Crippen MR) is 49.7 cm³/mol. The Hall–Kier alpha value is -1.36. The molecule has 0 atom stereocenters. The number of hydrogen-bond donors (Lipinski definition) is 0. The van der Waals surface area contributed by atoms with Crippen LogP contribution in [0.2, 0.25) is 0 Å². The highest BCUT2D eigenvalue weighted by Crippen LogP contribution is 1.98. The SMILES string of the molecule is CC.CCc1ccc(C#N)nc1. The lowest BCUT2D eigenvalue weighted by molar-refractivity contribution is 1.09. The van der Waals surface area contributed by atoms with Gasteiger partial charge in [-0.2, -0.15) is 5.26 Å². The molecular weight excluding hydrogens is 148 g/mol. The molecule has 1 heterocycles. The molecule has 0 aromatic carbocycles. The average molecular weight is 162 g/mol. The molecule has 0 aliphatic rings. The van der Waals surface area contributed by atoms with E-state index in [0.29, 0.717) is 5.69 Å². The van der Waals surface area contributed by atoms with Gasteiger partial charge < -0.3 is 0 Å². The lowest BCUT2D eigenvalue weighted by Crippen LogP contribution is -1.84. The molecule has 0 amide bonds. The first-order valence-corrected chi connectivity index (χ1v) is 4.22. The number of nitrogens with zero attached hydrogens (tertiary/aromatic N) is 2. The monoisotopic (exact) mass is 162 g/mol. The Morgan fingerprint density at radius 3 is 2.42 bits per heavy atom. The Morgan fingerprint density at radius 2 is 2.08 bits per heavy atom. The van der Waals surface area contributed by atoms with Gasteiger partial charge in [0.05, 0.1) is 0 Å². The van der Waals surface area contributed by atoms with Crippen LogP contribution in [-0.4, -0.2) is 4.98 Å². The van der Waals surface area contributed by atoms with Crippen LogP contribution < -0.4 is 0 Å². The van der Waals surface area contributed by atoms with Crippen LogP contribution in [0.4, 0.5) is 0 Å². The van der Waals surface area contributed by atoms with E-state index in [9.17, 15) is 0 Å². The van der Waals surface area contributed by atoms with Crippen molar-refractivity contribution in [2.75, 3.05) is 0 Å². The second kappa shape index (κ2) is 6.36. The minimum absolute atomic E-state index is 0.484. The van der Waals surface area contributed by atoms with Crippen LogP contribution in [0, 0.1) is 11.3 Å². The largest absolute Gasteiger partial charge is 0.245 e. The van der Waals surface area contributed by atoms with Crippen molar-refractivity contribution in [3.05, 3.63) is 29.6 Å². The molecule has 0 fully saturated rings. The number of aromatic nitrogens is 1. The molecule has 0 aliphatic heterocycles. The van der Waals surface area contributed by atoms with Gasteiger partial charge in [-0.15, -0.1) is 0 Å². The minimum atomic E-state index is 0.484. The smallest absolute Gasteiger partial charge is 0.140 e. The zero-order valence-corrected chi connectivity index (χ0v) is 7.83. The second-order valence-electron chi connectivity index (χ2n) is 2.02. The summed E-state index contributed by atoms with van der Waals surface area (Å²) in [5, 5.41) is 8.39. The maximum absolute atomic E-state index is 8.39. The average Bonchev–Trinajstić information content (AvgIpc) is 2.21. The maximum atomic E-state index is 8.39. The molecular formula is C10H14N2.